The van der Waals surface area contributed by atoms with Crippen molar-refractivity contribution in [1.29, 1.82) is 5.26 Å². The largest absolute Gasteiger partial charge is 0.198 e. The quantitative estimate of drug-likeness (QED) is 0.720. The normalized spacial score (nSPS) is 12.2. The van der Waals surface area contributed by atoms with Gasteiger partial charge in [0, 0.05) is 0 Å². The van der Waals surface area contributed by atoms with E-state index in [1.807, 2.05) is 0 Å². The second kappa shape index (κ2) is 6.79. The van der Waals surface area contributed by atoms with Crippen LogP contribution in [-0.4, -0.2) is 0 Å². The van der Waals surface area contributed by atoms with Crippen molar-refractivity contribution in [3.63, 3.8) is 0 Å². The standard InChI is InChI=1S/C21H25N/c1-14(2)19-8-6-18(7-9-19)12-20(13-22)21-16(4)10-15(3)11-17(21)5/h6-11,14,20H,12H2,1-5H3. The lowest BCUT2D eigenvalue weighted by Crippen LogP contribution is -2.06. The summed E-state index contributed by atoms with van der Waals surface area (Å²) in [6.07, 6.45) is 0.777. The Morgan fingerprint density at radius 1 is 0.955 bits per heavy atom. The van der Waals surface area contributed by atoms with Crippen LogP contribution in [-0.2, 0) is 6.42 Å². The molecular formula is C21H25N. The molecule has 1 atom stereocenters. The van der Waals surface area contributed by atoms with Gasteiger partial charge in [-0.05, 0) is 60.9 Å². The van der Waals surface area contributed by atoms with Gasteiger partial charge in [-0.3, -0.25) is 0 Å². The molecule has 1 nitrogen and oxygen atoms in total. The summed E-state index contributed by atoms with van der Waals surface area (Å²) in [5.74, 6) is 0.466. The average Bonchev–Trinajstić information content (AvgIpc) is 2.45. The van der Waals surface area contributed by atoms with Gasteiger partial charge in [0.2, 0.25) is 0 Å². The number of nitrogens with zero attached hydrogens (tertiary/aromatic N) is 1. The highest BCUT2D eigenvalue weighted by Crippen LogP contribution is 2.28. The molecular weight excluding hydrogens is 266 g/mol. The number of hydrogen-bond donors (Lipinski definition) is 0. The summed E-state index contributed by atoms with van der Waals surface area (Å²) >= 11 is 0. The van der Waals surface area contributed by atoms with Gasteiger partial charge >= 0.3 is 0 Å². The predicted octanol–water partition coefficient (Wildman–Crippen LogP) is 5.59. The molecule has 0 aromatic heterocycles. The van der Waals surface area contributed by atoms with Gasteiger partial charge in [-0.2, -0.15) is 5.26 Å². The number of nitriles is 1. The molecule has 22 heavy (non-hydrogen) atoms. The van der Waals surface area contributed by atoms with Crippen molar-refractivity contribution in [2.75, 3.05) is 0 Å². The van der Waals surface area contributed by atoms with Gasteiger partial charge in [-0.25, -0.2) is 0 Å². The van der Waals surface area contributed by atoms with Crippen molar-refractivity contribution in [2.45, 2.75) is 52.9 Å². The molecule has 0 amide bonds. The van der Waals surface area contributed by atoms with E-state index in [4.69, 9.17) is 0 Å². The first-order valence-corrected chi connectivity index (χ1v) is 7.98. The van der Waals surface area contributed by atoms with Crippen molar-refractivity contribution >= 4 is 0 Å². The highest BCUT2D eigenvalue weighted by atomic mass is 14.3. The average molecular weight is 291 g/mol. The van der Waals surface area contributed by atoms with Crippen LogP contribution in [0, 0.1) is 32.1 Å². The Morgan fingerprint density at radius 3 is 1.95 bits per heavy atom. The summed E-state index contributed by atoms with van der Waals surface area (Å²) in [5.41, 5.74) is 7.48. The van der Waals surface area contributed by atoms with E-state index in [-0.39, 0.29) is 5.92 Å². The molecule has 0 saturated heterocycles. The molecule has 2 aromatic carbocycles. The third-order valence-electron chi connectivity index (χ3n) is 4.33. The Bertz CT molecular complexity index is 664. The summed E-state index contributed by atoms with van der Waals surface area (Å²) in [5, 5.41) is 9.65. The van der Waals surface area contributed by atoms with Crippen LogP contribution in [0.1, 0.15) is 59.1 Å². The Labute approximate surface area is 134 Å². The summed E-state index contributed by atoms with van der Waals surface area (Å²) in [6.45, 7) is 10.7. The fraction of sp³-hybridized carbons (Fsp3) is 0.381. The highest BCUT2D eigenvalue weighted by molar-refractivity contribution is 5.43. The first-order chi connectivity index (χ1) is 10.4. The fourth-order valence-corrected chi connectivity index (χ4v) is 3.23. The highest BCUT2D eigenvalue weighted by Gasteiger charge is 2.17. The number of rotatable bonds is 4. The van der Waals surface area contributed by atoms with Crippen molar-refractivity contribution < 1.29 is 0 Å². The molecule has 1 heteroatoms. The van der Waals surface area contributed by atoms with Crippen LogP contribution >= 0.6 is 0 Å². The van der Waals surface area contributed by atoms with Crippen LogP contribution in [0.3, 0.4) is 0 Å². The maximum absolute atomic E-state index is 9.65. The van der Waals surface area contributed by atoms with Crippen molar-refractivity contribution in [3.8, 4) is 6.07 Å². The van der Waals surface area contributed by atoms with Gasteiger partial charge in [0.15, 0.2) is 0 Å². The van der Waals surface area contributed by atoms with Crippen LogP contribution in [0.25, 0.3) is 0 Å². The second-order valence-corrected chi connectivity index (χ2v) is 6.59. The molecule has 0 spiro atoms. The molecule has 2 aromatic rings. The lowest BCUT2D eigenvalue weighted by Gasteiger charge is -2.17. The number of benzene rings is 2. The Hall–Kier alpha value is -2.07. The van der Waals surface area contributed by atoms with E-state index < -0.39 is 0 Å². The van der Waals surface area contributed by atoms with Gasteiger partial charge in [0.1, 0.15) is 0 Å². The van der Waals surface area contributed by atoms with Crippen LogP contribution < -0.4 is 0 Å². The number of aryl methyl sites for hydroxylation is 3. The summed E-state index contributed by atoms with van der Waals surface area (Å²) in [6, 6.07) is 15.6. The van der Waals surface area contributed by atoms with E-state index in [0.717, 1.165) is 6.42 Å². The van der Waals surface area contributed by atoms with E-state index in [1.54, 1.807) is 0 Å². The lowest BCUT2D eigenvalue weighted by atomic mass is 9.86. The van der Waals surface area contributed by atoms with E-state index >= 15 is 0 Å². The predicted molar refractivity (Wildman–Crippen MR) is 93.2 cm³/mol. The molecule has 0 radical (unpaired) electrons. The molecule has 0 aliphatic rings. The zero-order chi connectivity index (χ0) is 16.3. The molecule has 114 valence electrons. The van der Waals surface area contributed by atoms with Crippen molar-refractivity contribution in [3.05, 3.63) is 69.8 Å². The van der Waals surface area contributed by atoms with Crippen LogP contribution in [0.2, 0.25) is 0 Å². The molecule has 0 fully saturated rings. The molecule has 0 bridgehead atoms. The van der Waals surface area contributed by atoms with Gasteiger partial charge in [0.05, 0.1) is 12.0 Å². The van der Waals surface area contributed by atoms with E-state index in [9.17, 15) is 5.26 Å². The van der Waals surface area contributed by atoms with E-state index in [2.05, 4.69) is 77.1 Å². The molecule has 0 saturated carbocycles. The smallest absolute Gasteiger partial charge is 0.0758 e. The van der Waals surface area contributed by atoms with Gasteiger partial charge in [-0.15, -0.1) is 0 Å². The monoisotopic (exact) mass is 291 g/mol. The van der Waals surface area contributed by atoms with E-state index in [0.29, 0.717) is 5.92 Å². The fourth-order valence-electron chi connectivity index (χ4n) is 3.23. The zero-order valence-electron chi connectivity index (χ0n) is 14.3. The lowest BCUT2D eigenvalue weighted by molar-refractivity contribution is 0.826. The SMILES string of the molecule is Cc1cc(C)c(C(C#N)Cc2ccc(C(C)C)cc2)c(C)c1. The molecule has 2 rings (SSSR count). The maximum Gasteiger partial charge on any atom is 0.0758 e. The zero-order valence-corrected chi connectivity index (χ0v) is 14.3. The minimum Gasteiger partial charge on any atom is -0.198 e. The van der Waals surface area contributed by atoms with Gasteiger partial charge < -0.3 is 0 Å². The third-order valence-corrected chi connectivity index (χ3v) is 4.33. The molecule has 1 unspecified atom stereocenters. The maximum atomic E-state index is 9.65. The first kappa shape index (κ1) is 16.3. The van der Waals surface area contributed by atoms with Gasteiger partial charge in [-0.1, -0.05) is 55.8 Å². The minimum atomic E-state index is -0.0782. The summed E-state index contributed by atoms with van der Waals surface area (Å²) in [7, 11) is 0. The molecule has 0 N–H and O–H groups in total. The van der Waals surface area contributed by atoms with Crippen LogP contribution in [0.15, 0.2) is 36.4 Å². The van der Waals surface area contributed by atoms with Crippen molar-refractivity contribution in [2.24, 2.45) is 0 Å². The van der Waals surface area contributed by atoms with E-state index in [1.165, 1.54) is 33.4 Å². The molecule has 0 heterocycles. The summed E-state index contributed by atoms with van der Waals surface area (Å²) < 4.78 is 0. The Balaban J connectivity index is 2.29. The van der Waals surface area contributed by atoms with Crippen LogP contribution in [0.5, 0.6) is 0 Å². The van der Waals surface area contributed by atoms with Crippen molar-refractivity contribution in [1.82, 2.24) is 0 Å². The van der Waals surface area contributed by atoms with Gasteiger partial charge in [0.25, 0.3) is 0 Å². The van der Waals surface area contributed by atoms with Crippen LogP contribution in [0.4, 0.5) is 0 Å². The topological polar surface area (TPSA) is 23.8 Å². The first-order valence-electron chi connectivity index (χ1n) is 7.98. The molecule has 0 aliphatic heterocycles. The molecule has 0 aliphatic carbocycles. The second-order valence-electron chi connectivity index (χ2n) is 6.59. The Kier molecular flexibility index (Phi) is 5.03. The minimum absolute atomic E-state index is 0.0782. The number of hydrogen-bond acceptors (Lipinski definition) is 1. The third kappa shape index (κ3) is 3.57. The summed E-state index contributed by atoms with van der Waals surface area (Å²) in [4.78, 5) is 0. The Morgan fingerprint density at radius 2 is 1.50 bits per heavy atom.